The molecule has 1 amide bonds. The number of aryl methyl sites for hydroxylation is 1. The Morgan fingerprint density at radius 1 is 1.40 bits per heavy atom. The molecule has 0 saturated heterocycles. The van der Waals surface area contributed by atoms with Crippen LogP contribution in [0, 0.1) is 11.3 Å². The normalized spacial score (nSPS) is 19.0. The zero-order chi connectivity index (χ0) is 17.2. The third kappa shape index (κ3) is 2.81. The van der Waals surface area contributed by atoms with Crippen molar-refractivity contribution in [3.8, 4) is 6.07 Å². The number of nitrogens with zero attached hydrogens (tertiary/aromatic N) is 3. The molecule has 2 heterocycles. The van der Waals surface area contributed by atoms with Crippen LogP contribution in [-0.2, 0) is 6.42 Å². The number of rotatable bonds is 3. The summed E-state index contributed by atoms with van der Waals surface area (Å²) in [5.41, 5.74) is 3.23. The molecule has 6 heteroatoms. The van der Waals surface area contributed by atoms with Crippen LogP contribution in [0.4, 0.5) is 0 Å². The van der Waals surface area contributed by atoms with Crippen LogP contribution in [0.3, 0.4) is 0 Å². The molecule has 0 bridgehead atoms. The first-order valence-electron chi connectivity index (χ1n) is 8.21. The van der Waals surface area contributed by atoms with Crippen LogP contribution in [-0.4, -0.2) is 20.4 Å². The topological polar surface area (TPSA) is 86.5 Å². The summed E-state index contributed by atoms with van der Waals surface area (Å²) in [4.78, 5) is 19.7. The van der Waals surface area contributed by atoms with Crippen LogP contribution in [0.2, 0.25) is 0 Å². The zero-order valence-corrected chi connectivity index (χ0v) is 13.5. The van der Waals surface area contributed by atoms with Gasteiger partial charge in [-0.15, -0.1) is 0 Å². The van der Waals surface area contributed by atoms with Crippen molar-refractivity contribution in [3.63, 3.8) is 0 Å². The molecule has 1 aromatic carbocycles. The van der Waals surface area contributed by atoms with E-state index in [-0.39, 0.29) is 18.0 Å². The molecule has 0 aliphatic heterocycles. The molecule has 0 fully saturated rings. The molecule has 2 N–H and O–H groups in total. The number of imidazole rings is 1. The van der Waals surface area contributed by atoms with Crippen LogP contribution in [0.25, 0.3) is 0 Å². The smallest absolute Gasteiger partial charge is 0.268 e. The first-order chi connectivity index (χ1) is 12.3. The van der Waals surface area contributed by atoms with Crippen molar-refractivity contribution in [3.05, 3.63) is 77.6 Å². The lowest BCUT2D eigenvalue weighted by Crippen LogP contribution is -2.37. The summed E-state index contributed by atoms with van der Waals surface area (Å²) >= 11 is 0. The predicted molar refractivity (Wildman–Crippen MR) is 91.7 cm³/mol. The van der Waals surface area contributed by atoms with Crippen molar-refractivity contribution in [1.82, 2.24) is 19.9 Å². The summed E-state index contributed by atoms with van der Waals surface area (Å²) in [6.07, 6.45) is 8.90. The fourth-order valence-electron chi connectivity index (χ4n) is 3.51. The lowest BCUT2D eigenvalue weighted by molar-refractivity contribution is 0.0913. The van der Waals surface area contributed by atoms with Gasteiger partial charge in [-0.05, 0) is 30.0 Å². The van der Waals surface area contributed by atoms with Crippen molar-refractivity contribution < 1.29 is 4.79 Å². The molecule has 2 atom stereocenters. The Hall–Kier alpha value is -3.33. The number of nitriles is 1. The second kappa shape index (κ2) is 6.29. The molecule has 1 aliphatic carbocycles. The number of aromatic amines is 1. The van der Waals surface area contributed by atoms with Gasteiger partial charge >= 0.3 is 0 Å². The molecule has 0 saturated carbocycles. The minimum Gasteiger partial charge on any atom is -0.356 e. The Labute approximate surface area is 145 Å². The quantitative estimate of drug-likeness (QED) is 0.773. The predicted octanol–water partition coefficient (Wildman–Crippen LogP) is 2.74. The van der Waals surface area contributed by atoms with Gasteiger partial charge in [0.05, 0.1) is 24.0 Å². The van der Waals surface area contributed by atoms with Crippen LogP contribution in [0.1, 0.15) is 45.7 Å². The van der Waals surface area contributed by atoms with Gasteiger partial charge < -0.3 is 14.9 Å². The number of benzene rings is 1. The largest absolute Gasteiger partial charge is 0.356 e. The van der Waals surface area contributed by atoms with Crippen molar-refractivity contribution >= 4 is 5.91 Å². The number of nitrogens with one attached hydrogen (secondary N) is 2. The lowest BCUT2D eigenvalue weighted by Gasteiger charge is -2.34. The highest BCUT2D eigenvalue weighted by molar-refractivity contribution is 5.93. The van der Waals surface area contributed by atoms with Gasteiger partial charge in [-0.25, -0.2) is 4.98 Å². The van der Waals surface area contributed by atoms with Crippen LogP contribution in [0.15, 0.2) is 55.2 Å². The summed E-state index contributed by atoms with van der Waals surface area (Å²) in [6, 6.07) is 11.8. The Morgan fingerprint density at radius 3 is 3.04 bits per heavy atom. The molecule has 3 aromatic rings. The van der Waals surface area contributed by atoms with E-state index in [1.165, 1.54) is 11.8 Å². The Bertz CT molecular complexity index is 935. The monoisotopic (exact) mass is 331 g/mol. The maximum Gasteiger partial charge on any atom is 0.268 e. The summed E-state index contributed by atoms with van der Waals surface area (Å²) in [5.74, 6) is -0.215. The van der Waals surface area contributed by atoms with Gasteiger partial charge in [0.2, 0.25) is 0 Å². The maximum atomic E-state index is 12.7. The SMILES string of the molecule is N#Cc1c[nH]c(C(=O)N[C@H]2c3ccccc3CC[C@H]2n2ccnc2)c1. The summed E-state index contributed by atoms with van der Waals surface area (Å²) in [7, 11) is 0. The molecule has 1 aliphatic rings. The first kappa shape index (κ1) is 15.2. The van der Waals surface area contributed by atoms with Crippen molar-refractivity contribution in [2.24, 2.45) is 0 Å². The van der Waals surface area contributed by atoms with Crippen molar-refractivity contribution in [1.29, 1.82) is 5.26 Å². The van der Waals surface area contributed by atoms with Crippen LogP contribution < -0.4 is 5.32 Å². The molecule has 6 nitrogen and oxygen atoms in total. The maximum absolute atomic E-state index is 12.7. The lowest BCUT2D eigenvalue weighted by atomic mass is 9.83. The highest BCUT2D eigenvalue weighted by Gasteiger charge is 2.32. The zero-order valence-electron chi connectivity index (χ0n) is 13.5. The summed E-state index contributed by atoms with van der Waals surface area (Å²) < 4.78 is 2.05. The number of aromatic nitrogens is 3. The molecule has 124 valence electrons. The summed E-state index contributed by atoms with van der Waals surface area (Å²) in [6.45, 7) is 0. The molecule has 0 radical (unpaired) electrons. The highest BCUT2D eigenvalue weighted by Crippen LogP contribution is 2.37. The highest BCUT2D eigenvalue weighted by atomic mass is 16.2. The fourth-order valence-corrected chi connectivity index (χ4v) is 3.51. The Morgan fingerprint density at radius 2 is 2.28 bits per heavy atom. The van der Waals surface area contributed by atoms with Crippen LogP contribution >= 0.6 is 0 Å². The standard InChI is InChI=1S/C19H17N5O/c20-10-13-9-16(22-11-13)19(25)23-18-15-4-2-1-3-14(15)5-6-17(18)24-8-7-21-12-24/h1-4,7-9,11-12,17-18,22H,5-6H2,(H,23,25)/t17-,18+/m1/s1. The number of fused-ring (bicyclic) bond motifs is 1. The van der Waals surface area contributed by atoms with E-state index in [9.17, 15) is 4.79 Å². The fraction of sp³-hybridized carbons (Fsp3) is 0.211. The second-order valence-electron chi connectivity index (χ2n) is 6.18. The number of carbonyl (C=O) groups is 1. The minimum atomic E-state index is -0.215. The molecule has 2 aromatic heterocycles. The number of hydrogen-bond acceptors (Lipinski definition) is 3. The third-order valence-electron chi connectivity index (χ3n) is 4.74. The van der Waals surface area contributed by atoms with Gasteiger partial charge in [-0.2, -0.15) is 5.26 Å². The van der Waals surface area contributed by atoms with E-state index in [0.29, 0.717) is 11.3 Å². The summed E-state index contributed by atoms with van der Waals surface area (Å²) in [5, 5.41) is 12.1. The minimum absolute atomic E-state index is 0.103. The van der Waals surface area contributed by atoms with E-state index in [1.54, 1.807) is 18.6 Å². The van der Waals surface area contributed by atoms with E-state index in [1.807, 2.05) is 24.4 Å². The molecular formula is C19H17N5O. The Kier molecular flexibility index (Phi) is 3.82. The van der Waals surface area contributed by atoms with Crippen molar-refractivity contribution in [2.45, 2.75) is 24.9 Å². The number of amides is 1. The number of hydrogen-bond donors (Lipinski definition) is 2. The number of H-pyrrole nitrogens is 1. The van der Waals surface area contributed by atoms with Gasteiger partial charge in [0.25, 0.3) is 5.91 Å². The molecular weight excluding hydrogens is 314 g/mol. The van der Waals surface area contributed by atoms with E-state index in [0.717, 1.165) is 18.4 Å². The third-order valence-corrected chi connectivity index (χ3v) is 4.74. The van der Waals surface area contributed by atoms with E-state index in [4.69, 9.17) is 5.26 Å². The van der Waals surface area contributed by atoms with Gasteiger partial charge in [-0.1, -0.05) is 24.3 Å². The van der Waals surface area contributed by atoms with Gasteiger partial charge in [0.1, 0.15) is 11.8 Å². The van der Waals surface area contributed by atoms with Gasteiger partial charge in [-0.3, -0.25) is 4.79 Å². The molecule has 25 heavy (non-hydrogen) atoms. The van der Waals surface area contributed by atoms with Crippen LogP contribution in [0.5, 0.6) is 0 Å². The van der Waals surface area contributed by atoms with E-state index < -0.39 is 0 Å². The second-order valence-corrected chi connectivity index (χ2v) is 6.18. The van der Waals surface area contributed by atoms with Gasteiger partial charge in [0, 0.05) is 18.6 Å². The molecule has 0 spiro atoms. The van der Waals surface area contributed by atoms with E-state index >= 15 is 0 Å². The van der Waals surface area contributed by atoms with E-state index in [2.05, 4.69) is 32.0 Å². The average Bonchev–Trinajstić information content (AvgIpc) is 3.33. The molecule has 0 unspecified atom stereocenters. The first-order valence-corrected chi connectivity index (χ1v) is 8.21. The average molecular weight is 331 g/mol. The molecule has 4 rings (SSSR count). The van der Waals surface area contributed by atoms with Gasteiger partial charge in [0.15, 0.2) is 0 Å². The van der Waals surface area contributed by atoms with Crippen molar-refractivity contribution in [2.75, 3.05) is 0 Å². The Balaban J connectivity index is 1.67. The number of carbonyl (C=O) groups excluding carboxylic acids is 1.